The third-order valence-electron chi connectivity index (χ3n) is 4.81. The van der Waals surface area contributed by atoms with Gasteiger partial charge in [0.1, 0.15) is 0 Å². The van der Waals surface area contributed by atoms with Crippen LogP contribution in [0.15, 0.2) is 47.3 Å². The van der Waals surface area contributed by atoms with Crippen LogP contribution in [0, 0.1) is 17.0 Å². The average molecular weight is 483 g/mol. The molecule has 0 bridgehead atoms. The van der Waals surface area contributed by atoms with Crippen molar-refractivity contribution in [2.75, 3.05) is 0 Å². The van der Waals surface area contributed by atoms with E-state index in [9.17, 15) is 28.1 Å². The minimum atomic E-state index is -4.59. The molecule has 0 saturated carbocycles. The number of nitrogens with zero attached hydrogens (tertiary/aromatic N) is 3. The topological polar surface area (TPSA) is 93.3 Å². The van der Waals surface area contributed by atoms with Crippen LogP contribution in [0.1, 0.15) is 11.3 Å². The summed E-state index contributed by atoms with van der Waals surface area (Å²) in [5.41, 5.74) is -1.89. The summed E-state index contributed by atoms with van der Waals surface area (Å²) in [5.74, 6) is 0. The SMILES string of the molecule is Cc1[nH]n2c(=O)c([N+](=O)[O-])c(-c3ccc(C(F)(F)F)cc3)nc2c1-c1ccc(Cl)cc1Cl. The van der Waals surface area contributed by atoms with Crippen molar-refractivity contribution in [1.29, 1.82) is 0 Å². The fourth-order valence-corrected chi connectivity index (χ4v) is 3.88. The van der Waals surface area contributed by atoms with Gasteiger partial charge in [0.2, 0.25) is 0 Å². The van der Waals surface area contributed by atoms with Gasteiger partial charge in [-0.1, -0.05) is 41.4 Å². The Morgan fingerprint density at radius 3 is 2.34 bits per heavy atom. The third kappa shape index (κ3) is 3.61. The van der Waals surface area contributed by atoms with E-state index in [0.29, 0.717) is 21.8 Å². The highest BCUT2D eigenvalue weighted by molar-refractivity contribution is 6.36. The lowest BCUT2D eigenvalue weighted by molar-refractivity contribution is -0.385. The van der Waals surface area contributed by atoms with Crippen LogP contribution in [0.3, 0.4) is 0 Å². The van der Waals surface area contributed by atoms with E-state index in [2.05, 4.69) is 10.1 Å². The Morgan fingerprint density at radius 2 is 1.78 bits per heavy atom. The number of rotatable bonds is 3. The standard InChI is InChI=1S/C20H11Cl2F3N4O3/c1-9-15(13-7-6-12(21)8-14(13)22)18-26-16(17(29(31)32)19(30)28(18)27-9)10-2-4-11(5-3-10)20(23,24)25/h2-8,27H,1H3. The minimum absolute atomic E-state index is 0.0173. The molecule has 0 atom stereocenters. The zero-order chi connectivity index (χ0) is 23.4. The van der Waals surface area contributed by atoms with Crippen LogP contribution in [0.5, 0.6) is 0 Å². The number of fused-ring (bicyclic) bond motifs is 1. The Hall–Kier alpha value is -3.37. The maximum absolute atomic E-state index is 12.9. The molecular formula is C20H11Cl2F3N4O3. The first kappa shape index (κ1) is 21.8. The lowest BCUT2D eigenvalue weighted by atomic mass is 10.1. The molecule has 2 aromatic heterocycles. The van der Waals surface area contributed by atoms with Gasteiger partial charge in [-0.05, 0) is 31.2 Å². The lowest BCUT2D eigenvalue weighted by Gasteiger charge is -2.08. The molecule has 0 aliphatic heterocycles. The molecule has 4 aromatic rings. The summed E-state index contributed by atoms with van der Waals surface area (Å²) >= 11 is 12.3. The van der Waals surface area contributed by atoms with Gasteiger partial charge in [0, 0.05) is 27.4 Å². The van der Waals surface area contributed by atoms with Crippen molar-refractivity contribution in [2.24, 2.45) is 0 Å². The zero-order valence-electron chi connectivity index (χ0n) is 16.0. The van der Waals surface area contributed by atoms with Crippen LogP contribution in [-0.4, -0.2) is 19.5 Å². The molecule has 0 unspecified atom stereocenters. The van der Waals surface area contributed by atoms with Crippen molar-refractivity contribution in [1.82, 2.24) is 14.6 Å². The van der Waals surface area contributed by atoms with Crippen LogP contribution >= 0.6 is 23.2 Å². The Bertz CT molecular complexity index is 1440. The van der Waals surface area contributed by atoms with Crippen molar-refractivity contribution < 1.29 is 18.1 Å². The van der Waals surface area contributed by atoms with Crippen LogP contribution in [0.4, 0.5) is 18.9 Å². The van der Waals surface area contributed by atoms with E-state index in [0.717, 1.165) is 28.8 Å². The lowest BCUT2D eigenvalue weighted by Crippen LogP contribution is -2.20. The monoisotopic (exact) mass is 482 g/mol. The molecule has 2 heterocycles. The molecule has 0 spiro atoms. The Labute approximate surface area is 187 Å². The Balaban J connectivity index is 2.04. The fourth-order valence-electron chi connectivity index (χ4n) is 3.37. The van der Waals surface area contributed by atoms with Crippen molar-refractivity contribution >= 4 is 34.5 Å². The molecular weight excluding hydrogens is 472 g/mol. The molecule has 0 radical (unpaired) electrons. The summed E-state index contributed by atoms with van der Waals surface area (Å²) in [7, 11) is 0. The van der Waals surface area contributed by atoms with E-state index in [1.54, 1.807) is 19.1 Å². The van der Waals surface area contributed by atoms with E-state index in [4.69, 9.17) is 23.2 Å². The van der Waals surface area contributed by atoms with E-state index < -0.39 is 27.9 Å². The van der Waals surface area contributed by atoms with Gasteiger partial charge in [-0.25, -0.2) is 4.98 Å². The summed E-state index contributed by atoms with van der Waals surface area (Å²) in [6.07, 6.45) is -4.59. The van der Waals surface area contributed by atoms with Crippen LogP contribution < -0.4 is 5.56 Å². The van der Waals surface area contributed by atoms with Gasteiger partial charge in [-0.3, -0.25) is 20.0 Å². The van der Waals surface area contributed by atoms with E-state index >= 15 is 0 Å². The van der Waals surface area contributed by atoms with Crippen molar-refractivity contribution in [2.45, 2.75) is 13.1 Å². The summed E-state index contributed by atoms with van der Waals surface area (Å²) in [4.78, 5) is 28.0. The van der Waals surface area contributed by atoms with Gasteiger partial charge in [0.25, 0.3) is 0 Å². The van der Waals surface area contributed by atoms with Gasteiger partial charge in [0.05, 0.1) is 15.5 Å². The molecule has 0 saturated heterocycles. The van der Waals surface area contributed by atoms with Crippen LogP contribution in [-0.2, 0) is 6.18 Å². The number of aromatic amines is 1. The van der Waals surface area contributed by atoms with Gasteiger partial charge in [0.15, 0.2) is 11.3 Å². The van der Waals surface area contributed by atoms with E-state index in [1.807, 2.05) is 0 Å². The van der Waals surface area contributed by atoms with Gasteiger partial charge >= 0.3 is 17.4 Å². The number of aryl methyl sites for hydroxylation is 1. The maximum atomic E-state index is 12.9. The fraction of sp³-hybridized carbons (Fsp3) is 0.100. The largest absolute Gasteiger partial charge is 0.416 e. The molecule has 12 heteroatoms. The zero-order valence-corrected chi connectivity index (χ0v) is 17.5. The summed E-state index contributed by atoms with van der Waals surface area (Å²) in [6.45, 7) is 1.62. The molecule has 0 fully saturated rings. The van der Waals surface area contributed by atoms with Crippen LogP contribution in [0.2, 0.25) is 10.0 Å². The highest BCUT2D eigenvalue weighted by Gasteiger charge is 2.32. The van der Waals surface area contributed by atoms with Crippen LogP contribution in [0.25, 0.3) is 28.0 Å². The predicted molar refractivity (Wildman–Crippen MR) is 113 cm³/mol. The number of nitrogens with one attached hydrogen (secondary N) is 1. The maximum Gasteiger partial charge on any atom is 0.416 e. The first-order valence-corrected chi connectivity index (χ1v) is 9.67. The minimum Gasteiger partial charge on any atom is -0.293 e. The molecule has 0 amide bonds. The number of halogens is 5. The molecule has 32 heavy (non-hydrogen) atoms. The number of alkyl halides is 3. The smallest absolute Gasteiger partial charge is 0.293 e. The number of H-pyrrole nitrogens is 1. The molecule has 2 aromatic carbocycles. The van der Waals surface area contributed by atoms with E-state index in [-0.39, 0.29) is 21.9 Å². The predicted octanol–water partition coefficient (Wildman–Crippen LogP) is 5.90. The molecule has 0 aliphatic carbocycles. The van der Waals surface area contributed by atoms with Crippen molar-refractivity contribution in [3.05, 3.63) is 84.2 Å². The number of hydrogen-bond acceptors (Lipinski definition) is 4. The Morgan fingerprint density at radius 1 is 1.12 bits per heavy atom. The highest BCUT2D eigenvalue weighted by Crippen LogP contribution is 2.37. The summed E-state index contributed by atoms with van der Waals surface area (Å²) in [5, 5.41) is 15.0. The summed E-state index contributed by atoms with van der Waals surface area (Å²) < 4.78 is 39.6. The van der Waals surface area contributed by atoms with Gasteiger partial charge in [-0.2, -0.15) is 17.7 Å². The van der Waals surface area contributed by atoms with E-state index in [1.165, 1.54) is 6.07 Å². The van der Waals surface area contributed by atoms with Gasteiger partial charge < -0.3 is 0 Å². The average Bonchev–Trinajstić information content (AvgIpc) is 3.03. The van der Waals surface area contributed by atoms with Crippen molar-refractivity contribution in [3.8, 4) is 22.4 Å². The number of benzene rings is 2. The number of hydrogen-bond donors (Lipinski definition) is 1. The van der Waals surface area contributed by atoms with Crippen molar-refractivity contribution in [3.63, 3.8) is 0 Å². The Kier molecular flexibility index (Phi) is 5.22. The highest BCUT2D eigenvalue weighted by atomic mass is 35.5. The normalized spacial score (nSPS) is 11.8. The second kappa shape index (κ2) is 7.64. The quantitative estimate of drug-likeness (QED) is 0.290. The summed E-state index contributed by atoms with van der Waals surface area (Å²) in [6, 6.07) is 8.26. The first-order valence-electron chi connectivity index (χ1n) is 8.92. The molecule has 0 aliphatic rings. The molecule has 1 N–H and O–H groups in total. The number of aromatic nitrogens is 3. The first-order chi connectivity index (χ1) is 15.0. The number of nitro groups is 1. The second-order valence-corrected chi connectivity index (χ2v) is 7.69. The van der Waals surface area contributed by atoms with Gasteiger partial charge in [-0.15, -0.1) is 0 Å². The molecule has 164 valence electrons. The third-order valence-corrected chi connectivity index (χ3v) is 5.35. The molecule has 4 rings (SSSR count). The second-order valence-electron chi connectivity index (χ2n) is 6.84. The molecule has 7 nitrogen and oxygen atoms in total.